The van der Waals surface area contributed by atoms with Gasteiger partial charge in [0.05, 0.1) is 11.1 Å². The van der Waals surface area contributed by atoms with E-state index < -0.39 is 0 Å². The standard InChI is InChI=1S/C24H28N2S/c1-15-13-23(3,4)25-21-9-7-17(11-19(15)21)27-18-8-10-22-20(12-18)16(2)14-24(5,6)26-22/h7-14,25-26H,1-6H3. The van der Waals surface area contributed by atoms with E-state index in [4.69, 9.17) is 0 Å². The van der Waals surface area contributed by atoms with Crippen molar-refractivity contribution in [1.82, 2.24) is 0 Å². The lowest BCUT2D eigenvalue weighted by atomic mass is 9.91. The fourth-order valence-corrected chi connectivity index (χ4v) is 5.08. The largest absolute Gasteiger partial charge is 0.376 e. The number of rotatable bonds is 2. The number of nitrogens with one attached hydrogen (secondary N) is 2. The molecule has 0 saturated carbocycles. The summed E-state index contributed by atoms with van der Waals surface area (Å²) >= 11 is 1.83. The van der Waals surface area contributed by atoms with E-state index in [0.717, 1.165) is 0 Å². The number of hydrogen-bond acceptors (Lipinski definition) is 3. The zero-order chi connectivity index (χ0) is 19.4. The normalized spacial score (nSPS) is 19.0. The molecular weight excluding hydrogens is 348 g/mol. The molecule has 0 fully saturated rings. The van der Waals surface area contributed by atoms with Crippen LogP contribution in [0.25, 0.3) is 11.1 Å². The van der Waals surface area contributed by atoms with Gasteiger partial charge in [-0.05, 0) is 89.1 Å². The fraction of sp³-hybridized carbons (Fsp3) is 0.333. The van der Waals surface area contributed by atoms with E-state index in [1.807, 2.05) is 11.8 Å². The minimum atomic E-state index is 0.00880. The SMILES string of the molecule is CC1=CC(C)(C)Nc2ccc(Sc3ccc4c(c3)C(C)=CC(C)(C)N4)cc21. The van der Waals surface area contributed by atoms with Crippen molar-refractivity contribution in [2.45, 2.75) is 62.4 Å². The molecule has 2 N–H and O–H groups in total. The summed E-state index contributed by atoms with van der Waals surface area (Å²) in [6.45, 7) is 13.2. The van der Waals surface area contributed by atoms with Gasteiger partial charge in [-0.25, -0.2) is 0 Å². The molecule has 0 spiro atoms. The van der Waals surface area contributed by atoms with Gasteiger partial charge in [0.1, 0.15) is 0 Å². The molecule has 2 aliphatic rings. The average molecular weight is 377 g/mol. The Bertz CT molecular complexity index is 900. The first-order chi connectivity index (χ1) is 12.6. The van der Waals surface area contributed by atoms with Crippen LogP contribution in [0, 0.1) is 0 Å². The molecular formula is C24H28N2S. The first-order valence-corrected chi connectivity index (χ1v) is 10.4. The second-order valence-electron chi connectivity index (χ2n) is 8.86. The number of hydrogen-bond donors (Lipinski definition) is 2. The maximum atomic E-state index is 3.61. The Morgan fingerprint density at radius 1 is 0.667 bits per heavy atom. The highest BCUT2D eigenvalue weighted by molar-refractivity contribution is 7.99. The summed E-state index contributed by atoms with van der Waals surface area (Å²) in [4.78, 5) is 2.54. The Hall–Kier alpha value is -2.13. The molecule has 0 aliphatic carbocycles. The number of anilines is 2. The number of fused-ring (bicyclic) bond motifs is 2. The van der Waals surface area contributed by atoms with Crippen molar-refractivity contribution >= 4 is 34.3 Å². The van der Waals surface area contributed by atoms with E-state index in [2.05, 4.69) is 101 Å². The Morgan fingerprint density at radius 3 is 1.48 bits per heavy atom. The van der Waals surface area contributed by atoms with Gasteiger partial charge in [0.2, 0.25) is 0 Å². The van der Waals surface area contributed by atoms with Crippen molar-refractivity contribution in [3.8, 4) is 0 Å². The second-order valence-corrected chi connectivity index (χ2v) is 10.0. The number of benzene rings is 2. The number of allylic oxidation sites excluding steroid dienone is 2. The Morgan fingerprint density at radius 2 is 1.07 bits per heavy atom. The third kappa shape index (κ3) is 3.66. The summed E-state index contributed by atoms with van der Waals surface area (Å²) in [6, 6.07) is 13.5. The lowest BCUT2D eigenvalue weighted by Gasteiger charge is -2.32. The van der Waals surface area contributed by atoms with Gasteiger partial charge in [-0.3, -0.25) is 0 Å². The van der Waals surface area contributed by atoms with E-state index in [0.29, 0.717) is 0 Å². The zero-order valence-corrected chi connectivity index (χ0v) is 17.8. The zero-order valence-electron chi connectivity index (χ0n) is 17.0. The Balaban J connectivity index is 1.63. The quantitative estimate of drug-likeness (QED) is 0.587. The highest BCUT2D eigenvalue weighted by atomic mass is 32.2. The molecule has 0 atom stereocenters. The van der Waals surface area contributed by atoms with Gasteiger partial charge in [-0.2, -0.15) is 0 Å². The lowest BCUT2D eigenvalue weighted by Crippen LogP contribution is -2.31. The summed E-state index contributed by atoms with van der Waals surface area (Å²) in [7, 11) is 0. The second kappa shape index (κ2) is 6.20. The third-order valence-electron chi connectivity index (χ3n) is 5.14. The highest BCUT2D eigenvalue weighted by Gasteiger charge is 2.24. The monoisotopic (exact) mass is 376 g/mol. The van der Waals surface area contributed by atoms with E-state index in [-0.39, 0.29) is 11.1 Å². The summed E-state index contributed by atoms with van der Waals surface area (Å²) in [5, 5.41) is 7.22. The smallest absolute Gasteiger partial charge is 0.0505 e. The van der Waals surface area contributed by atoms with Crippen LogP contribution in [-0.4, -0.2) is 11.1 Å². The van der Waals surface area contributed by atoms with Gasteiger partial charge >= 0.3 is 0 Å². The highest BCUT2D eigenvalue weighted by Crippen LogP contribution is 2.40. The molecule has 27 heavy (non-hydrogen) atoms. The molecule has 4 rings (SSSR count). The van der Waals surface area contributed by atoms with Crippen molar-refractivity contribution in [3.63, 3.8) is 0 Å². The molecule has 0 bridgehead atoms. The topological polar surface area (TPSA) is 24.1 Å². The molecule has 2 aliphatic heterocycles. The summed E-state index contributed by atoms with van der Waals surface area (Å²) in [6.07, 6.45) is 4.62. The average Bonchev–Trinajstić information content (AvgIpc) is 2.54. The summed E-state index contributed by atoms with van der Waals surface area (Å²) in [5.74, 6) is 0. The van der Waals surface area contributed by atoms with E-state index >= 15 is 0 Å². The van der Waals surface area contributed by atoms with Gasteiger partial charge in [0.15, 0.2) is 0 Å². The molecule has 0 radical (unpaired) electrons. The van der Waals surface area contributed by atoms with Crippen LogP contribution in [0.1, 0.15) is 52.7 Å². The van der Waals surface area contributed by atoms with Gasteiger partial charge in [0.25, 0.3) is 0 Å². The fourth-order valence-electron chi connectivity index (χ4n) is 4.18. The molecule has 0 unspecified atom stereocenters. The first kappa shape index (κ1) is 18.2. The van der Waals surface area contributed by atoms with Crippen LogP contribution in [0.4, 0.5) is 11.4 Å². The van der Waals surface area contributed by atoms with Crippen LogP contribution in [0.2, 0.25) is 0 Å². The maximum Gasteiger partial charge on any atom is 0.0505 e. The van der Waals surface area contributed by atoms with Crippen molar-refractivity contribution in [2.24, 2.45) is 0 Å². The molecule has 0 amide bonds. The summed E-state index contributed by atoms with van der Waals surface area (Å²) in [5.41, 5.74) is 7.75. The molecule has 2 heterocycles. The molecule has 0 saturated heterocycles. The maximum absolute atomic E-state index is 3.61. The van der Waals surface area contributed by atoms with Crippen LogP contribution in [0.5, 0.6) is 0 Å². The van der Waals surface area contributed by atoms with Crippen LogP contribution < -0.4 is 10.6 Å². The predicted molar refractivity (Wildman–Crippen MR) is 120 cm³/mol. The Labute approximate surface area is 167 Å². The lowest BCUT2D eigenvalue weighted by molar-refractivity contribution is 0.707. The molecule has 2 nitrogen and oxygen atoms in total. The van der Waals surface area contributed by atoms with Gasteiger partial charge in [-0.1, -0.05) is 23.9 Å². The van der Waals surface area contributed by atoms with Crippen LogP contribution in [0.3, 0.4) is 0 Å². The van der Waals surface area contributed by atoms with E-state index in [1.165, 1.54) is 43.4 Å². The van der Waals surface area contributed by atoms with Crippen molar-refractivity contribution in [2.75, 3.05) is 10.6 Å². The van der Waals surface area contributed by atoms with Gasteiger partial charge in [0, 0.05) is 32.3 Å². The van der Waals surface area contributed by atoms with E-state index in [1.54, 1.807) is 0 Å². The third-order valence-corrected chi connectivity index (χ3v) is 6.12. The van der Waals surface area contributed by atoms with E-state index in [9.17, 15) is 0 Å². The van der Waals surface area contributed by atoms with Crippen LogP contribution >= 0.6 is 11.8 Å². The first-order valence-electron chi connectivity index (χ1n) is 9.54. The van der Waals surface area contributed by atoms with Crippen LogP contribution in [-0.2, 0) is 0 Å². The summed E-state index contributed by atoms with van der Waals surface area (Å²) < 4.78 is 0. The minimum Gasteiger partial charge on any atom is -0.376 e. The Kier molecular flexibility index (Phi) is 4.19. The molecule has 3 heteroatoms. The molecule has 140 valence electrons. The van der Waals surface area contributed by atoms with Crippen molar-refractivity contribution < 1.29 is 0 Å². The minimum absolute atomic E-state index is 0.00880. The molecule has 2 aromatic carbocycles. The van der Waals surface area contributed by atoms with Crippen molar-refractivity contribution in [3.05, 3.63) is 59.7 Å². The molecule has 2 aromatic rings. The van der Waals surface area contributed by atoms with Crippen molar-refractivity contribution in [1.29, 1.82) is 0 Å². The predicted octanol–water partition coefficient (Wildman–Crippen LogP) is 7.05. The van der Waals surface area contributed by atoms with Crippen LogP contribution in [0.15, 0.2) is 58.3 Å². The van der Waals surface area contributed by atoms with Gasteiger partial charge < -0.3 is 10.6 Å². The van der Waals surface area contributed by atoms with Gasteiger partial charge in [-0.15, -0.1) is 0 Å². The molecule has 0 aromatic heterocycles.